The summed E-state index contributed by atoms with van der Waals surface area (Å²) in [4.78, 5) is 70.8. The number of carbonyl (C=O) groups is 5. The highest BCUT2D eigenvalue weighted by Crippen LogP contribution is 2.55. The Balaban J connectivity index is 0.943. The zero-order chi connectivity index (χ0) is 51.6. The molecule has 326 valence electrons. The first-order valence-corrected chi connectivity index (χ1v) is 20.2. The first kappa shape index (κ1) is 33.8. The zero-order valence-electron chi connectivity index (χ0n) is 41.9. The monoisotopic (exact) mass is 882 g/mol. The molecule has 3 aromatic rings. The van der Waals surface area contributed by atoms with Crippen molar-refractivity contribution in [1.82, 2.24) is 25.4 Å². The fraction of sp³-hybridized carbons (Fsp3) is 0.477. The van der Waals surface area contributed by atoms with E-state index in [-0.39, 0.29) is 70.8 Å². The summed E-state index contributed by atoms with van der Waals surface area (Å²) in [7, 11) is 0. The molecule has 5 aliphatic rings. The second-order valence-electron chi connectivity index (χ2n) is 17.0. The van der Waals surface area contributed by atoms with Crippen molar-refractivity contribution >= 4 is 52.6 Å². The number of rotatable bonds is 9. The number of carbonyl (C=O) groups excluding carboxylic acids is 5. The molecule has 5 amide bonds. The lowest BCUT2D eigenvalue weighted by Crippen LogP contribution is -2.74. The van der Waals surface area contributed by atoms with Crippen molar-refractivity contribution in [3.63, 3.8) is 0 Å². The molecule has 5 heterocycles. The summed E-state index contributed by atoms with van der Waals surface area (Å²) in [6, 6.07) is 7.99. The van der Waals surface area contributed by atoms with E-state index >= 15 is 13.2 Å². The summed E-state index contributed by atoms with van der Waals surface area (Å²) in [6.07, 6.45) is 0.701. The summed E-state index contributed by atoms with van der Waals surface area (Å²) in [6.45, 7) is -7.29. The van der Waals surface area contributed by atoms with Gasteiger partial charge in [0.05, 0.1) is 32.8 Å². The Morgan fingerprint density at radius 1 is 0.952 bits per heavy atom. The molecular weight excluding hydrogens is 829 g/mol. The molecule has 4 fully saturated rings. The number of amides is 5. The number of anilines is 2. The summed E-state index contributed by atoms with van der Waals surface area (Å²) >= 11 is 6.22. The van der Waals surface area contributed by atoms with Gasteiger partial charge in [-0.15, -0.1) is 0 Å². The van der Waals surface area contributed by atoms with E-state index in [1.54, 1.807) is 30.3 Å². The Bertz CT molecular complexity index is 2750. The Morgan fingerprint density at radius 2 is 1.61 bits per heavy atom. The molecule has 8 rings (SSSR count). The number of piperidine rings is 2. The van der Waals surface area contributed by atoms with Crippen LogP contribution in [0.25, 0.3) is 0 Å². The SMILES string of the molecule is [2H]C1([2H])N(CC2CCN(c3ccc(C(=O)NC4C(C)(C)C(Oc5ccc(C#N)c(Cl)c5)C4(C)C)cn3)CC2)C([2H])([2H])C([2H])([2H])N(c2c(F)c(F)c3c(c2F)C(=O)N(C2CCC(=O)NC2=O)C3=O)C1([2H])[2H]. The van der Waals surface area contributed by atoms with Gasteiger partial charge in [0, 0.05) is 86.7 Å². The Hall–Kier alpha value is -5.73. The number of nitriles is 1. The molecule has 2 aromatic carbocycles. The largest absolute Gasteiger partial charge is 0.489 e. The second-order valence-corrected chi connectivity index (χ2v) is 17.4. The van der Waals surface area contributed by atoms with Gasteiger partial charge in [0.2, 0.25) is 11.8 Å². The van der Waals surface area contributed by atoms with E-state index in [1.807, 2.05) is 44.0 Å². The number of ether oxygens (including phenoxy) is 1. The van der Waals surface area contributed by atoms with Crippen LogP contribution < -0.4 is 25.2 Å². The van der Waals surface area contributed by atoms with Gasteiger partial charge in [-0.25, -0.2) is 18.2 Å². The third-order valence-corrected chi connectivity index (χ3v) is 12.6. The minimum Gasteiger partial charge on any atom is -0.489 e. The number of fused-ring (bicyclic) bond motifs is 1. The molecule has 18 heteroatoms. The van der Waals surface area contributed by atoms with Crippen molar-refractivity contribution in [3.8, 4) is 11.8 Å². The van der Waals surface area contributed by atoms with Crippen molar-refractivity contribution < 1.29 is 52.8 Å². The number of imide groups is 2. The molecule has 0 radical (unpaired) electrons. The van der Waals surface area contributed by atoms with Gasteiger partial charge in [-0.1, -0.05) is 39.3 Å². The summed E-state index contributed by atoms with van der Waals surface area (Å²) < 4.78 is 126. The standard InChI is InChI=1S/C44H46ClF3N8O6/c1-43(2)41(44(3,4)42(43)62-26-7-5-24(20-49)27(45)19-26)52-37(58)25-6-9-29(50-21-25)54-13-11-23(12-14-54)22-53-15-17-55(18-16-53)36-34(47)32-31(33(46)35(36)48)39(60)56(40(32)61)28-8-10-30(57)51-38(28)59/h5-7,9,19,21,23,28,41-42H,8,10-18,22H2,1-4H3,(H,52,58)(H,51,57,59)/i15D2,16D2,17D2,18D2. The van der Waals surface area contributed by atoms with Gasteiger partial charge in [-0.2, -0.15) is 5.26 Å². The van der Waals surface area contributed by atoms with E-state index in [0.717, 1.165) is 0 Å². The molecule has 1 unspecified atom stereocenters. The van der Waals surface area contributed by atoms with E-state index < -0.39 is 125 Å². The van der Waals surface area contributed by atoms with Crippen LogP contribution >= 0.6 is 11.6 Å². The summed E-state index contributed by atoms with van der Waals surface area (Å²) in [5.74, 6) is -12.2. The van der Waals surface area contributed by atoms with Crippen molar-refractivity contribution in [2.75, 3.05) is 55.4 Å². The molecule has 1 aliphatic carbocycles. The van der Waals surface area contributed by atoms with Crippen LogP contribution in [0.4, 0.5) is 24.7 Å². The van der Waals surface area contributed by atoms with Gasteiger partial charge in [0.1, 0.15) is 35.5 Å². The van der Waals surface area contributed by atoms with E-state index in [1.165, 1.54) is 6.20 Å². The Kier molecular flexibility index (Phi) is 8.84. The molecule has 14 nitrogen and oxygen atoms in total. The molecule has 3 saturated heterocycles. The molecule has 1 atom stereocenters. The normalized spacial score (nSPS) is 28.9. The Labute approximate surface area is 372 Å². The molecule has 2 N–H and O–H groups in total. The minimum atomic E-state index is -3.92. The second kappa shape index (κ2) is 16.2. The number of aromatic nitrogens is 1. The lowest BCUT2D eigenvalue weighted by molar-refractivity contribution is -0.164. The molecule has 1 aromatic heterocycles. The first-order chi connectivity index (χ1) is 32.4. The quantitative estimate of drug-likeness (QED) is 0.218. The topological polar surface area (TPSA) is 168 Å². The molecule has 62 heavy (non-hydrogen) atoms. The lowest BCUT2D eigenvalue weighted by Gasteiger charge is -2.63. The third kappa shape index (κ3) is 7.40. The van der Waals surface area contributed by atoms with Crippen molar-refractivity contribution in [2.24, 2.45) is 16.7 Å². The van der Waals surface area contributed by atoms with E-state index in [0.29, 0.717) is 17.1 Å². The van der Waals surface area contributed by atoms with Crippen molar-refractivity contribution in [2.45, 2.75) is 71.6 Å². The number of nitrogens with one attached hydrogen (secondary N) is 2. The molecule has 0 spiro atoms. The zero-order valence-corrected chi connectivity index (χ0v) is 34.6. The number of benzene rings is 2. The molecule has 1 saturated carbocycles. The first-order valence-electron chi connectivity index (χ1n) is 23.8. The van der Waals surface area contributed by atoms with Crippen molar-refractivity contribution in [3.05, 3.63) is 81.3 Å². The minimum absolute atomic E-state index is 0.0970. The van der Waals surface area contributed by atoms with Gasteiger partial charge >= 0.3 is 0 Å². The van der Waals surface area contributed by atoms with E-state index in [2.05, 4.69) is 10.3 Å². The van der Waals surface area contributed by atoms with Crippen LogP contribution in [0.5, 0.6) is 5.75 Å². The van der Waals surface area contributed by atoms with Crippen LogP contribution in [0.2, 0.25) is 5.02 Å². The van der Waals surface area contributed by atoms with Gasteiger partial charge in [0.15, 0.2) is 17.5 Å². The average molecular weight is 883 g/mol. The maximum absolute atomic E-state index is 16.6. The van der Waals surface area contributed by atoms with E-state index in [4.69, 9.17) is 27.3 Å². The van der Waals surface area contributed by atoms with Gasteiger partial charge in [-0.3, -0.25) is 39.1 Å². The summed E-state index contributed by atoms with van der Waals surface area (Å²) in [5, 5.41) is 14.5. The number of piperazine rings is 1. The lowest BCUT2D eigenvalue weighted by atomic mass is 9.49. The number of pyridine rings is 1. The predicted octanol–water partition coefficient (Wildman–Crippen LogP) is 5.08. The maximum Gasteiger partial charge on any atom is 0.265 e. The fourth-order valence-electron chi connectivity index (χ4n) is 9.39. The van der Waals surface area contributed by atoms with Crippen molar-refractivity contribution in [1.29, 1.82) is 5.26 Å². The van der Waals surface area contributed by atoms with Gasteiger partial charge in [-0.05, 0) is 49.4 Å². The molecular formula is C44H46ClF3N8O6. The average Bonchev–Trinajstić information content (AvgIpc) is 3.55. The number of nitrogens with zero attached hydrogens (tertiary/aromatic N) is 6. The summed E-state index contributed by atoms with van der Waals surface area (Å²) in [5.41, 5.74) is -5.49. The van der Waals surface area contributed by atoms with E-state index in [9.17, 15) is 29.2 Å². The highest BCUT2D eigenvalue weighted by molar-refractivity contribution is 6.31. The fourth-order valence-corrected chi connectivity index (χ4v) is 9.60. The smallest absolute Gasteiger partial charge is 0.265 e. The maximum atomic E-state index is 16.6. The van der Waals surface area contributed by atoms with Gasteiger partial charge < -0.3 is 19.9 Å². The highest BCUT2D eigenvalue weighted by Gasteiger charge is 2.64. The number of hydrogen-bond acceptors (Lipinski definition) is 11. The third-order valence-electron chi connectivity index (χ3n) is 12.3. The van der Waals surface area contributed by atoms with Crippen LogP contribution in [0, 0.1) is 45.5 Å². The molecule has 0 bridgehead atoms. The van der Waals surface area contributed by atoms with Crippen LogP contribution in [0.3, 0.4) is 0 Å². The van der Waals surface area contributed by atoms with Crippen LogP contribution in [0.1, 0.15) is 101 Å². The molecule has 4 aliphatic heterocycles. The van der Waals surface area contributed by atoms with Gasteiger partial charge in [0.25, 0.3) is 17.7 Å². The van der Waals surface area contributed by atoms with Crippen LogP contribution in [-0.2, 0) is 9.59 Å². The van der Waals surface area contributed by atoms with Crippen LogP contribution in [0.15, 0.2) is 36.5 Å². The highest BCUT2D eigenvalue weighted by atomic mass is 35.5. The van der Waals surface area contributed by atoms with Crippen LogP contribution in [-0.4, -0.2) is 108 Å². The number of hydrogen-bond donors (Lipinski definition) is 2. The number of halogens is 4. The predicted molar refractivity (Wildman–Crippen MR) is 220 cm³/mol. The Morgan fingerprint density at radius 3 is 2.21 bits per heavy atom.